The smallest absolute Gasteiger partial charge is 0.0113 e. The molecule has 0 aromatic heterocycles. The van der Waals surface area contributed by atoms with Gasteiger partial charge in [0.1, 0.15) is 0 Å². The molecule has 0 bridgehead atoms. The number of thiol groups is 1. The highest BCUT2D eigenvalue weighted by atomic mass is 32.1. The first-order valence-corrected chi connectivity index (χ1v) is 3.23. The lowest BCUT2D eigenvalue weighted by Crippen LogP contribution is -1.75. The normalized spacial score (nSPS) is 11.6. The van der Waals surface area contributed by atoms with Crippen molar-refractivity contribution in [2.24, 2.45) is 0 Å². The Balaban J connectivity index is 3.75. The molecule has 1 heteroatoms. The molecule has 0 aromatic carbocycles. The lowest BCUT2D eigenvalue weighted by atomic mass is 10.2. The monoisotopic (exact) mass is 128 g/mol. The third-order valence-corrected chi connectivity index (χ3v) is 1.24. The van der Waals surface area contributed by atoms with E-state index in [4.69, 9.17) is 0 Å². The Labute approximate surface area is 56.7 Å². The maximum Gasteiger partial charge on any atom is 0.0113 e. The summed E-state index contributed by atoms with van der Waals surface area (Å²) in [5, 5.41) is 0. The minimum atomic E-state index is 0.826. The average Bonchev–Trinajstić information content (AvgIpc) is 1.65. The third kappa shape index (κ3) is 4.00. The molecule has 0 N–H and O–H groups in total. The molecule has 0 radical (unpaired) electrons. The summed E-state index contributed by atoms with van der Waals surface area (Å²) in [5.74, 6) is 0.826. The molecule has 0 fully saturated rings. The van der Waals surface area contributed by atoms with Crippen molar-refractivity contribution in [1.29, 1.82) is 0 Å². The highest BCUT2D eigenvalue weighted by Crippen LogP contribution is 1.99. The van der Waals surface area contributed by atoms with Gasteiger partial charge in [0.05, 0.1) is 0 Å². The fraction of sp³-hybridized carbons (Fsp3) is 0.429. The summed E-state index contributed by atoms with van der Waals surface area (Å²) in [5.41, 5.74) is 2.36. The van der Waals surface area contributed by atoms with Crippen LogP contribution in [0.25, 0.3) is 0 Å². The van der Waals surface area contributed by atoms with E-state index in [1.54, 1.807) is 0 Å². The summed E-state index contributed by atoms with van der Waals surface area (Å²) in [4.78, 5) is 0. The van der Waals surface area contributed by atoms with Crippen molar-refractivity contribution in [1.82, 2.24) is 0 Å². The summed E-state index contributed by atoms with van der Waals surface area (Å²) >= 11 is 4.08. The quantitative estimate of drug-likeness (QED) is 0.428. The first-order valence-electron chi connectivity index (χ1n) is 2.60. The van der Waals surface area contributed by atoms with Gasteiger partial charge in [-0.1, -0.05) is 23.8 Å². The lowest BCUT2D eigenvalue weighted by molar-refractivity contribution is 1.38. The van der Waals surface area contributed by atoms with Crippen LogP contribution >= 0.6 is 12.6 Å². The van der Waals surface area contributed by atoms with Crippen LogP contribution in [-0.2, 0) is 0 Å². The van der Waals surface area contributed by atoms with E-state index in [1.165, 1.54) is 5.57 Å². The van der Waals surface area contributed by atoms with Crippen molar-refractivity contribution in [2.75, 3.05) is 5.75 Å². The second-order valence-corrected chi connectivity index (χ2v) is 2.31. The van der Waals surface area contributed by atoms with Crippen molar-refractivity contribution < 1.29 is 0 Å². The minimum Gasteiger partial charge on any atom is -0.175 e. The molecule has 0 aliphatic rings. The molecular weight excluding hydrogens is 116 g/mol. The SMILES string of the molecule is C=C(C)/C=C(/C)CS. The van der Waals surface area contributed by atoms with Crippen LogP contribution in [0.15, 0.2) is 23.8 Å². The van der Waals surface area contributed by atoms with E-state index in [1.807, 2.05) is 19.9 Å². The van der Waals surface area contributed by atoms with Gasteiger partial charge in [0.15, 0.2) is 0 Å². The van der Waals surface area contributed by atoms with E-state index < -0.39 is 0 Å². The summed E-state index contributed by atoms with van der Waals surface area (Å²) in [6.45, 7) is 7.76. The Morgan fingerprint density at radius 1 is 1.62 bits per heavy atom. The van der Waals surface area contributed by atoms with Gasteiger partial charge in [-0.25, -0.2) is 0 Å². The predicted molar refractivity (Wildman–Crippen MR) is 42.4 cm³/mol. The molecule has 0 rings (SSSR count). The maximum absolute atomic E-state index is 4.08. The zero-order valence-corrected chi connectivity index (χ0v) is 6.33. The Morgan fingerprint density at radius 3 is 2.25 bits per heavy atom. The van der Waals surface area contributed by atoms with Gasteiger partial charge in [0, 0.05) is 5.75 Å². The van der Waals surface area contributed by atoms with Crippen molar-refractivity contribution in [3.63, 3.8) is 0 Å². The van der Waals surface area contributed by atoms with Crippen molar-refractivity contribution in [3.8, 4) is 0 Å². The summed E-state index contributed by atoms with van der Waals surface area (Å²) in [7, 11) is 0. The molecule has 0 aromatic rings. The number of rotatable bonds is 2. The molecular formula is C7H12S. The third-order valence-electron chi connectivity index (χ3n) is 0.742. The van der Waals surface area contributed by atoms with Crippen molar-refractivity contribution >= 4 is 12.6 Å². The van der Waals surface area contributed by atoms with Gasteiger partial charge < -0.3 is 0 Å². The molecule has 0 spiro atoms. The van der Waals surface area contributed by atoms with E-state index in [9.17, 15) is 0 Å². The van der Waals surface area contributed by atoms with Gasteiger partial charge in [0.2, 0.25) is 0 Å². The summed E-state index contributed by atoms with van der Waals surface area (Å²) in [6.07, 6.45) is 2.03. The highest BCUT2D eigenvalue weighted by molar-refractivity contribution is 7.80. The van der Waals surface area contributed by atoms with Crippen molar-refractivity contribution in [2.45, 2.75) is 13.8 Å². The fourth-order valence-corrected chi connectivity index (χ4v) is 0.558. The van der Waals surface area contributed by atoms with E-state index >= 15 is 0 Å². The van der Waals surface area contributed by atoms with Crippen LogP contribution < -0.4 is 0 Å². The fourth-order valence-electron chi connectivity index (χ4n) is 0.466. The molecule has 8 heavy (non-hydrogen) atoms. The first kappa shape index (κ1) is 7.83. The van der Waals surface area contributed by atoms with E-state index in [2.05, 4.69) is 19.2 Å². The molecule has 0 saturated heterocycles. The molecule has 0 heterocycles. The molecule has 0 amide bonds. The van der Waals surface area contributed by atoms with Gasteiger partial charge in [-0.15, -0.1) is 0 Å². The maximum atomic E-state index is 4.08. The van der Waals surface area contributed by atoms with Crippen LogP contribution in [-0.4, -0.2) is 5.75 Å². The standard InChI is InChI=1S/C7H12S/c1-6(2)4-7(3)5-8/h4,8H,1,5H2,2-3H3/b7-4-. The van der Waals surface area contributed by atoms with Crippen LogP contribution in [0.1, 0.15) is 13.8 Å². The number of allylic oxidation sites excluding steroid dienone is 2. The number of hydrogen-bond acceptors (Lipinski definition) is 1. The summed E-state index contributed by atoms with van der Waals surface area (Å²) < 4.78 is 0. The first-order chi connectivity index (χ1) is 3.66. The highest BCUT2D eigenvalue weighted by Gasteiger charge is 1.81. The summed E-state index contributed by atoms with van der Waals surface area (Å²) in [6, 6.07) is 0. The van der Waals surface area contributed by atoms with E-state index in [0.29, 0.717) is 0 Å². The Hall–Kier alpha value is -0.170. The van der Waals surface area contributed by atoms with Crippen LogP contribution in [0.4, 0.5) is 0 Å². The van der Waals surface area contributed by atoms with Gasteiger partial charge >= 0.3 is 0 Å². The van der Waals surface area contributed by atoms with Crippen LogP contribution in [0, 0.1) is 0 Å². The predicted octanol–water partition coefficient (Wildman–Crippen LogP) is 2.44. The lowest BCUT2D eigenvalue weighted by Gasteiger charge is -1.91. The second kappa shape index (κ2) is 3.79. The minimum absolute atomic E-state index is 0.826. The largest absolute Gasteiger partial charge is 0.175 e. The average molecular weight is 128 g/mol. The van der Waals surface area contributed by atoms with Gasteiger partial charge in [-0.2, -0.15) is 12.6 Å². The second-order valence-electron chi connectivity index (χ2n) is 2.00. The molecule has 46 valence electrons. The number of hydrogen-bond donors (Lipinski definition) is 1. The topological polar surface area (TPSA) is 0 Å². The molecule has 0 atom stereocenters. The Bertz CT molecular complexity index is 112. The zero-order chi connectivity index (χ0) is 6.57. The molecule has 0 aliphatic carbocycles. The zero-order valence-electron chi connectivity index (χ0n) is 5.44. The van der Waals surface area contributed by atoms with Gasteiger partial charge in [-0.05, 0) is 13.8 Å². The Kier molecular flexibility index (Phi) is 3.71. The van der Waals surface area contributed by atoms with Gasteiger partial charge in [0.25, 0.3) is 0 Å². The van der Waals surface area contributed by atoms with Crippen LogP contribution in [0.3, 0.4) is 0 Å². The molecule has 0 aliphatic heterocycles. The molecule has 0 saturated carbocycles. The Morgan fingerprint density at radius 2 is 2.12 bits per heavy atom. The van der Waals surface area contributed by atoms with E-state index in [-0.39, 0.29) is 0 Å². The molecule has 0 nitrogen and oxygen atoms in total. The van der Waals surface area contributed by atoms with E-state index in [0.717, 1.165) is 11.3 Å². The van der Waals surface area contributed by atoms with Crippen molar-refractivity contribution in [3.05, 3.63) is 23.8 Å². The van der Waals surface area contributed by atoms with Crippen LogP contribution in [0.5, 0.6) is 0 Å². The molecule has 0 unspecified atom stereocenters. The van der Waals surface area contributed by atoms with Gasteiger partial charge in [-0.3, -0.25) is 0 Å². The van der Waals surface area contributed by atoms with Crippen LogP contribution in [0.2, 0.25) is 0 Å².